The molecule has 1 N–H and O–H groups in total. The maximum Gasteiger partial charge on any atom is 0.335 e. The van der Waals surface area contributed by atoms with E-state index < -0.39 is 17.6 Å². The molecular weight excluding hydrogens is 266 g/mol. The minimum Gasteiger partial charge on any atom is -0.478 e. The summed E-state index contributed by atoms with van der Waals surface area (Å²) in [5.41, 5.74) is 0.612. The van der Waals surface area contributed by atoms with E-state index in [1.54, 1.807) is 0 Å². The molecule has 0 bridgehead atoms. The second-order valence-corrected chi connectivity index (χ2v) is 4.19. The standard InChI is InChI=1S/C14H8F2N2O2/c15-9-2-1-3-10(16)13(9)18-7-17-11-6-8(14(19)20)4-5-12(11)18/h1-7H,(H,19,20). The molecule has 0 radical (unpaired) electrons. The molecule has 3 rings (SSSR count). The number of imidazole rings is 1. The topological polar surface area (TPSA) is 55.1 Å². The largest absolute Gasteiger partial charge is 0.478 e. The zero-order valence-corrected chi connectivity index (χ0v) is 10.0. The van der Waals surface area contributed by atoms with Crippen LogP contribution in [0.25, 0.3) is 16.7 Å². The molecular formula is C14H8F2N2O2. The third-order valence-electron chi connectivity index (χ3n) is 2.97. The number of hydrogen-bond acceptors (Lipinski definition) is 2. The number of para-hydroxylation sites is 1. The Morgan fingerprint density at radius 3 is 2.50 bits per heavy atom. The number of aromatic carboxylic acids is 1. The summed E-state index contributed by atoms with van der Waals surface area (Å²) in [6.07, 6.45) is 1.26. The molecule has 0 aliphatic carbocycles. The molecule has 0 aliphatic rings. The summed E-state index contributed by atoms with van der Waals surface area (Å²) in [5.74, 6) is -2.52. The van der Waals surface area contributed by atoms with Crippen LogP contribution >= 0.6 is 0 Å². The van der Waals surface area contributed by atoms with Gasteiger partial charge in [-0.15, -0.1) is 0 Å². The predicted molar refractivity (Wildman–Crippen MR) is 67.9 cm³/mol. The van der Waals surface area contributed by atoms with Gasteiger partial charge in [-0.2, -0.15) is 0 Å². The van der Waals surface area contributed by atoms with Crippen LogP contribution in [-0.4, -0.2) is 20.6 Å². The first-order valence-corrected chi connectivity index (χ1v) is 5.72. The summed E-state index contributed by atoms with van der Waals surface area (Å²) in [6, 6.07) is 7.76. The van der Waals surface area contributed by atoms with Crippen molar-refractivity contribution in [1.29, 1.82) is 0 Å². The Kier molecular flexibility index (Phi) is 2.71. The first kappa shape index (κ1) is 12.3. The lowest BCUT2D eigenvalue weighted by molar-refractivity contribution is 0.0697. The van der Waals surface area contributed by atoms with Gasteiger partial charge in [0.1, 0.15) is 23.6 Å². The van der Waals surface area contributed by atoms with Crippen molar-refractivity contribution in [2.45, 2.75) is 0 Å². The van der Waals surface area contributed by atoms with Gasteiger partial charge < -0.3 is 5.11 Å². The first-order chi connectivity index (χ1) is 9.58. The Morgan fingerprint density at radius 2 is 1.85 bits per heavy atom. The van der Waals surface area contributed by atoms with Crippen molar-refractivity contribution in [3.63, 3.8) is 0 Å². The van der Waals surface area contributed by atoms with Crippen molar-refractivity contribution in [2.24, 2.45) is 0 Å². The van der Waals surface area contributed by atoms with Crippen LogP contribution in [0.4, 0.5) is 8.78 Å². The van der Waals surface area contributed by atoms with Crippen LogP contribution in [0.2, 0.25) is 0 Å². The Hall–Kier alpha value is -2.76. The number of rotatable bonds is 2. The lowest BCUT2D eigenvalue weighted by atomic mass is 10.2. The van der Waals surface area contributed by atoms with Crippen LogP contribution in [-0.2, 0) is 0 Å². The zero-order valence-electron chi connectivity index (χ0n) is 10.0. The van der Waals surface area contributed by atoms with Crippen LogP contribution in [0, 0.1) is 11.6 Å². The summed E-state index contributed by atoms with van der Waals surface area (Å²) in [7, 11) is 0. The third-order valence-corrected chi connectivity index (χ3v) is 2.97. The second kappa shape index (κ2) is 4.41. The molecule has 0 unspecified atom stereocenters. The van der Waals surface area contributed by atoms with Crippen molar-refractivity contribution in [3.05, 3.63) is 59.9 Å². The van der Waals surface area contributed by atoms with Gasteiger partial charge in [0.15, 0.2) is 0 Å². The zero-order chi connectivity index (χ0) is 14.3. The van der Waals surface area contributed by atoms with Crippen molar-refractivity contribution in [2.75, 3.05) is 0 Å². The van der Waals surface area contributed by atoms with Crippen LogP contribution in [0.1, 0.15) is 10.4 Å². The number of nitrogens with zero attached hydrogens (tertiary/aromatic N) is 2. The highest BCUT2D eigenvalue weighted by Crippen LogP contribution is 2.23. The van der Waals surface area contributed by atoms with Crippen molar-refractivity contribution in [1.82, 2.24) is 9.55 Å². The fraction of sp³-hybridized carbons (Fsp3) is 0. The molecule has 100 valence electrons. The van der Waals surface area contributed by atoms with Gasteiger partial charge in [0, 0.05) is 0 Å². The summed E-state index contributed by atoms with van der Waals surface area (Å²) >= 11 is 0. The molecule has 4 nitrogen and oxygen atoms in total. The molecule has 2 aromatic carbocycles. The van der Waals surface area contributed by atoms with E-state index in [1.807, 2.05) is 0 Å². The molecule has 0 saturated carbocycles. The summed E-state index contributed by atoms with van der Waals surface area (Å²) in [4.78, 5) is 14.9. The van der Waals surface area contributed by atoms with Gasteiger partial charge in [-0.3, -0.25) is 4.57 Å². The molecule has 0 spiro atoms. The lowest BCUT2D eigenvalue weighted by Crippen LogP contribution is -2.00. The minimum atomic E-state index is -1.08. The highest BCUT2D eigenvalue weighted by atomic mass is 19.1. The molecule has 1 heterocycles. The van der Waals surface area contributed by atoms with E-state index in [4.69, 9.17) is 5.11 Å². The van der Waals surface area contributed by atoms with E-state index in [1.165, 1.54) is 35.2 Å². The van der Waals surface area contributed by atoms with Crippen LogP contribution < -0.4 is 0 Å². The van der Waals surface area contributed by atoms with Crippen LogP contribution in [0.5, 0.6) is 0 Å². The van der Waals surface area contributed by atoms with Gasteiger partial charge in [0.2, 0.25) is 0 Å². The Bertz CT molecular complexity index is 807. The van der Waals surface area contributed by atoms with Gasteiger partial charge >= 0.3 is 5.97 Å². The number of hydrogen-bond donors (Lipinski definition) is 1. The summed E-state index contributed by atoms with van der Waals surface area (Å²) in [5, 5.41) is 8.90. The highest BCUT2D eigenvalue weighted by molar-refractivity contribution is 5.92. The first-order valence-electron chi connectivity index (χ1n) is 5.72. The molecule has 6 heteroatoms. The van der Waals surface area contributed by atoms with Crippen LogP contribution in [0.15, 0.2) is 42.7 Å². The number of halogens is 2. The van der Waals surface area contributed by atoms with Gasteiger partial charge in [-0.1, -0.05) is 6.07 Å². The van der Waals surface area contributed by atoms with E-state index in [0.29, 0.717) is 11.0 Å². The van der Waals surface area contributed by atoms with Gasteiger partial charge in [0.05, 0.1) is 16.6 Å². The van der Waals surface area contributed by atoms with Gasteiger partial charge in [-0.25, -0.2) is 18.6 Å². The molecule has 0 atom stereocenters. The average molecular weight is 274 g/mol. The maximum atomic E-state index is 13.8. The Labute approximate surface area is 111 Å². The average Bonchev–Trinajstić information content (AvgIpc) is 2.81. The fourth-order valence-electron chi connectivity index (χ4n) is 2.04. The smallest absolute Gasteiger partial charge is 0.335 e. The van der Waals surface area contributed by atoms with Crippen molar-refractivity contribution >= 4 is 17.0 Å². The van der Waals surface area contributed by atoms with E-state index in [-0.39, 0.29) is 11.3 Å². The van der Waals surface area contributed by atoms with Crippen LogP contribution in [0.3, 0.4) is 0 Å². The maximum absolute atomic E-state index is 13.8. The number of carboxylic acid groups (broad SMARTS) is 1. The predicted octanol–water partition coefficient (Wildman–Crippen LogP) is 3.00. The molecule has 3 aromatic rings. The Morgan fingerprint density at radius 1 is 1.15 bits per heavy atom. The summed E-state index contributed by atoms with van der Waals surface area (Å²) in [6.45, 7) is 0. The fourth-order valence-corrected chi connectivity index (χ4v) is 2.04. The van der Waals surface area contributed by atoms with E-state index in [9.17, 15) is 13.6 Å². The molecule has 20 heavy (non-hydrogen) atoms. The molecule has 1 aromatic heterocycles. The number of carboxylic acids is 1. The normalized spacial score (nSPS) is 10.9. The molecule has 0 saturated heterocycles. The Balaban J connectivity index is 2.26. The van der Waals surface area contributed by atoms with E-state index >= 15 is 0 Å². The second-order valence-electron chi connectivity index (χ2n) is 4.19. The van der Waals surface area contributed by atoms with Crippen molar-refractivity contribution < 1.29 is 18.7 Å². The van der Waals surface area contributed by atoms with E-state index in [0.717, 1.165) is 12.1 Å². The number of aromatic nitrogens is 2. The number of carbonyl (C=O) groups is 1. The van der Waals surface area contributed by atoms with E-state index in [2.05, 4.69) is 4.98 Å². The number of benzene rings is 2. The highest BCUT2D eigenvalue weighted by Gasteiger charge is 2.14. The number of fused-ring (bicyclic) bond motifs is 1. The van der Waals surface area contributed by atoms with Gasteiger partial charge in [-0.05, 0) is 30.3 Å². The summed E-state index contributed by atoms with van der Waals surface area (Å²) < 4.78 is 28.8. The van der Waals surface area contributed by atoms with Crippen molar-refractivity contribution in [3.8, 4) is 5.69 Å². The molecule has 0 aliphatic heterocycles. The monoisotopic (exact) mass is 274 g/mol. The molecule has 0 fully saturated rings. The third kappa shape index (κ3) is 1.82. The van der Waals surface area contributed by atoms with Gasteiger partial charge in [0.25, 0.3) is 0 Å². The quantitative estimate of drug-likeness (QED) is 0.781. The minimum absolute atomic E-state index is 0.0664. The molecule has 0 amide bonds. The lowest BCUT2D eigenvalue weighted by Gasteiger charge is -2.07. The SMILES string of the molecule is O=C(O)c1ccc2c(c1)ncn2-c1c(F)cccc1F.